The number of likely N-dealkylation sites (tertiary alicyclic amines) is 1. The number of nitrogens with zero attached hydrogens (tertiary/aromatic N) is 2. The van der Waals surface area contributed by atoms with Crippen LogP contribution in [0.2, 0.25) is 5.02 Å². The highest BCUT2D eigenvalue weighted by Crippen LogP contribution is 2.38. The number of rotatable bonds is 5. The lowest BCUT2D eigenvalue weighted by atomic mass is 9.87. The number of benzene rings is 1. The standard InChI is InChI=1S/C21H24ClN3O3S/c1-13-5-3-4-8-25(13)20(27)12-29-21-16(11-23)15(10-19(26)24-21)14-6-7-18(28-2)17(22)9-14/h6-7,9,13,15H,3-5,8,10,12H2,1-2H3,(H,24,26)/t13-,15+/m0/s1. The summed E-state index contributed by atoms with van der Waals surface area (Å²) in [6.07, 6.45) is 3.33. The number of amides is 2. The lowest BCUT2D eigenvalue weighted by molar-refractivity contribution is -0.131. The van der Waals surface area contributed by atoms with Crippen molar-refractivity contribution in [2.75, 3.05) is 19.4 Å². The fraction of sp³-hybridized carbons (Fsp3) is 0.476. The highest BCUT2D eigenvalue weighted by atomic mass is 35.5. The van der Waals surface area contributed by atoms with E-state index in [1.54, 1.807) is 12.1 Å². The normalized spacial score (nSPS) is 22.1. The van der Waals surface area contributed by atoms with Crippen molar-refractivity contribution < 1.29 is 14.3 Å². The Balaban J connectivity index is 1.80. The molecule has 2 aliphatic heterocycles. The summed E-state index contributed by atoms with van der Waals surface area (Å²) in [6, 6.07) is 7.73. The zero-order valence-electron chi connectivity index (χ0n) is 16.5. The van der Waals surface area contributed by atoms with Gasteiger partial charge in [-0.25, -0.2) is 0 Å². The first-order chi connectivity index (χ1) is 13.9. The van der Waals surface area contributed by atoms with Crippen molar-refractivity contribution in [3.8, 4) is 11.8 Å². The van der Waals surface area contributed by atoms with Crippen LogP contribution in [0.25, 0.3) is 0 Å². The molecule has 0 spiro atoms. The van der Waals surface area contributed by atoms with E-state index < -0.39 is 5.92 Å². The molecule has 154 valence electrons. The summed E-state index contributed by atoms with van der Waals surface area (Å²) in [7, 11) is 1.53. The fourth-order valence-corrected chi connectivity index (χ4v) is 5.03. The van der Waals surface area contributed by atoms with E-state index in [1.165, 1.54) is 18.9 Å². The molecule has 2 amide bonds. The number of hydrogen-bond acceptors (Lipinski definition) is 5. The lowest BCUT2D eigenvalue weighted by Gasteiger charge is -2.33. The molecule has 0 bridgehead atoms. The van der Waals surface area contributed by atoms with Crippen LogP contribution in [-0.4, -0.2) is 42.2 Å². The van der Waals surface area contributed by atoms with Gasteiger partial charge < -0.3 is 15.0 Å². The van der Waals surface area contributed by atoms with Gasteiger partial charge in [0.2, 0.25) is 11.8 Å². The van der Waals surface area contributed by atoms with Crippen LogP contribution in [0.3, 0.4) is 0 Å². The summed E-state index contributed by atoms with van der Waals surface area (Å²) >= 11 is 7.46. The Labute approximate surface area is 180 Å². The Morgan fingerprint density at radius 3 is 2.90 bits per heavy atom. The first-order valence-corrected chi connectivity index (χ1v) is 11.0. The molecule has 0 unspecified atom stereocenters. The van der Waals surface area contributed by atoms with Crippen LogP contribution in [0, 0.1) is 11.3 Å². The number of piperidine rings is 1. The number of allylic oxidation sites excluding steroid dienone is 1. The van der Waals surface area contributed by atoms with E-state index >= 15 is 0 Å². The Kier molecular flexibility index (Phi) is 7.09. The second kappa shape index (κ2) is 9.55. The largest absolute Gasteiger partial charge is 0.495 e. The summed E-state index contributed by atoms with van der Waals surface area (Å²) in [5.74, 6) is 0.192. The Morgan fingerprint density at radius 2 is 2.24 bits per heavy atom. The zero-order valence-corrected chi connectivity index (χ0v) is 18.1. The third-order valence-electron chi connectivity index (χ3n) is 5.40. The minimum atomic E-state index is -0.399. The van der Waals surface area contributed by atoms with Crippen LogP contribution < -0.4 is 10.1 Å². The second-order valence-electron chi connectivity index (χ2n) is 7.27. The van der Waals surface area contributed by atoms with Crippen molar-refractivity contribution in [3.63, 3.8) is 0 Å². The van der Waals surface area contributed by atoms with Crippen LogP contribution in [0.4, 0.5) is 0 Å². The maximum atomic E-state index is 12.6. The molecular formula is C21H24ClN3O3S. The molecule has 1 N–H and O–H groups in total. The molecule has 8 heteroatoms. The Morgan fingerprint density at radius 1 is 1.45 bits per heavy atom. The third-order valence-corrected chi connectivity index (χ3v) is 6.69. The number of hydrogen-bond donors (Lipinski definition) is 1. The Hall–Kier alpha value is -2.17. The quantitative estimate of drug-likeness (QED) is 0.763. The molecule has 29 heavy (non-hydrogen) atoms. The maximum Gasteiger partial charge on any atom is 0.233 e. The topological polar surface area (TPSA) is 82.4 Å². The van der Waals surface area contributed by atoms with Crippen molar-refractivity contribution in [1.29, 1.82) is 5.26 Å². The fourth-order valence-electron chi connectivity index (χ4n) is 3.80. The first-order valence-electron chi connectivity index (χ1n) is 9.64. The summed E-state index contributed by atoms with van der Waals surface area (Å²) in [4.78, 5) is 26.9. The predicted octanol–water partition coefficient (Wildman–Crippen LogP) is 3.82. The van der Waals surface area contributed by atoms with Gasteiger partial charge in [-0.2, -0.15) is 5.26 Å². The number of methoxy groups -OCH3 is 1. The van der Waals surface area contributed by atoms with E-state index in [4.69, 9.17) is 16.3 Å². The number of nitrogens with one attached hydrogen (secondary N) is 1. The van der Waals surface area contributed by atoms with Crippen LogP contribution in [0.5, 0.6) is 5.75 Å². The molecule has 0 aromatic heterocycles. The summed E-state index contributed by atoms with van der Waals surface area (Å²) < 4.78 is 5.18. The van der Waals surface area contributed by atoms with Crippen LogP contribution >= 0.6 is 23.4 Å². The number of nitriles is 1. The van der Waals surface area contributed by atoms with Crippen molar-refractivity contribution in [1.82, 2.24) is 10.2 Å². The average Bonchev–Trinajstić information content (AvgIpc) is 2.71. The van der Waals surface area contributed by atoms with E-state index in [-0.39, 0.29) is 30.0 Å². The van der Waals surface area contributed by atoms with E-state index in [0.29, 0.717) is 21.4 Å². The molecule has 3 rings (SSSR count). The summed E-state index contributed by atoms with van der Waals surface area (Å²) in [6.45, 7) is 2.83. The molecule has 1 aromatic carbocycles. The molecule has 6 nitrogen and oxygen atoms in total. The molecule has 0 aliphatic carbocycles. The molecule has 2 atom stereocenters. The number of halogens is 1. The molecule has 1 aromatic rings. The molecule has 0 radical (unpaired) electrons. The lowest BCUT2D eigenvalue weighted by Crippen LogP contribution is -2.43. The van der Waals surface area contributed by atoms with Gasteiger partial charge in [0.1, 0.15) is 5.75 Å². The molecule has 1 saturated heterocycles. The van der Waals surface area contributed by atoms with Crippen molar-refractivity contribution in [2.24, 2.45) is 0 Å². The predicted molar refractivity (Wildman–Crippen MR) is 114 cm³/mol. The minimum Gasteiger partial charge on any atom is -0.495 e. The minimum absolute atomic E-state index is 0.0378. The Bertz CT molecular complexity index is 880. The maximum absolute atomic E-state index is 12.6. The van der Waals surface area contributed by atoms with Gasteiger partial charge in [0.15, 0.2) is 0 Å². The SMILES string of the molecule is COc1ccc([C@H]2CC(=O)NC(SCC(=O)N3CCCC[C@@H]3C)=C2C#N)cc1Cl. The van der Waals surface area contributed by atoms with Gasteiger partial charge in [-0.05, 0) is 43.9 Å². The van der Waals surface area contributed by atoms with Gasteiger partial charge in [-0.1, -0.05) is 29.4 Å². The zero-order chi connectivity index (χ0) is 21.0. The molecule has 0 saturated carbocycles. The van der Waals surface area contributed by atoms with Crippen LogP contribution in [0.1, 0.15) is 44.1 Å². The van der Waals surface area contributed by atoms with Crippen molar-refractivity contribution in [2.45, 2.75) is 44.6 Å². The molecule has 1 fully saturated rings. The smallest absolute Gasteiger partial charge is 0.233 e. The monoisotopic (exact) mass is 433 g/mol. The second-order valence-corrected chi connectivity index (χ2v) is 8.67. The highest BCUT2D eigenvalue weighted by Gasteiger charge is 2.31. The number of thioether (sulfide) groups is 1. The van der Waals surface area contributed by atoms with E-state index in [9.17, 15) is 14.9 Å². The van der Waals surface area contributed by atoms with Gasteiger partial charge in [0, 0.05) is 24.9 Å². The van der Waals surface area contributed by atoms with Gasteiger partial charge in [0.25, 0.3) is 0 Å². The number of carbonyl (C=O) groups excluding carboxylic acids is 2. The van der Waals surface area contributed by atoms with E-state index in [2.05, 4.69) is 18.3 Å². The highest BCUT2D eigenvalue weighted by molar-refractivity contribution is 8.03. The van der Waals surface area contributed by atoms with Gasteiger partial charge in [-0.3, -0.25) is 9.59 Å². The number of ether oxygens (including phenoxy) is 1. The van der Waals surface area contributed by atoms with Crippen molar-refractivity contribution >= 4 is 35.2 Å². The molecule has 2 heterocycles. The van der Waals surface area contributed by atoms with E-state index in [1.807, 2.05) is 11.0 Å². The van der Waals surface area contributed by atoms with Crippen LogP contribution in [-0.2, 0) is 9.59 Å². The summed E-state index contributed by atoms with van der Waals surface area (Å²) in [5.41, 5.74) is 1.23. The first kappa shape index (κ1) is 21.5. The van der Waals surface area contributed by atoms with Gasteiger partial charge in [-0.15, -0.1) is 0 Å². The van der Waals surface area contributed by atoms with Crippen molar-refractivity contribution in [3.05, 3.63) is 39.4 Å². The average molecular weight is 434 g/mol. The molecule has 2 aliphatic rings. The third kappa shape index (κ3) is 4.88. The molecular weight excluding hydrogens is 410 g/mol. The van der Waals surface area contributed by atoms with Crippen LogP contribution in [0.15, 0.2) is 28.8 Å². The van der Waals surface area contributed by atoms with Gasteiger partial charge in [0.05, 0.1) is 34.6 Å². The van der Waals surface area contributed by atoms with Gasteiger partial charge >= 0.3 is 0 Å². The number of carbonyl (C=O) groups is 2. The van der Waals surface area contributed by atoms with E-state index in [0.717, 1.165) is 31.4 Å². The summed E-state index contributed by atoms with van der Waals surface area (Å²) in [5, 5.41) is 13.4.